The normalized spacial score (nSPS) is 14.1. The van der Waals surface area contributed by atoms with Crippen molar-refractivity contribution in [3.63, 3.8) is 0 Å². The topological polar surface area (TPSA) is 95.9 Å². The van der Waals surface area contributed by atoms with E-state index in [1.54, 1.807) is 39.8 Å². The van der Waals surface area contributed by atoms with Gasteiger partial charge in [0.2, 0.25) is 0 Å². The molecule has 1 aromatic rings. The fourth-order valence-electron chi connectivity index (χ4n) is 1.73. The molecule has 0 bridgehead atoms. The Morgan fingerprint density at radius 2 is 1.86 bits per heavy atom. The molecule has 0 radical (unpaired) electrons. The molecule has 0 saturated heterocycles. The summed E-state index contributed by atoms with van der Waals surface area (Å²) in [6, 6.07) is 6.05. The molecule has 0 aromatic heterocycles. The molecule has 1 unspecified atom stereocenters. The number of ether oxygens (including phenoxy) is 1. The second-order valence-electron chi connectivity index (χ2n) is 6.00. The molecule has 0 aliphatic rings. The first-order chi connectivity index (χ1) is 9.57. The van der Waals surface area contributed by atoms with Crippen LogP contribution in [-0.4, -0.2) is 34.5 Å². The summed E-state index contributed by atoms with van der Waals surface area (Å²) in [4.78, 5) is 22.9. The van der Waals surface area contributed by atoms with Crippen LogP contribution in [-0.2, 0) is 10.3 Å². The molecule has 0 aliphatic carbocycles. The fourth-order valence-corrected chi connectivity index (χ4v) is 1.73. The van der Waals surface area contributed by atoms with E-state index in [2.05, 4.69) is 5.32 Å². The summed E-state index contributed by atoms with van der Waals surface area (Å²) in [5, 5.41) is 21.2. The highest BCUT2D eigenvalue weighted by molar-refractivity contribution is 5.87. The number of nitrogens with one attached hydrogen (secondary N) is 1. The van der Waals surface area contributed by atoms with Crippen LogP contribution in [0.4, 0.5) is 4.79 Å². The summed E-state index contributed by atoms with van der Waals surface area (Å²) >= 11 is 0. The van der Waals surface area contributed by atoms with Crippen LogP contribution in [0.3, 0.4) is 0 Å². The summed E-state index contributed by atoms with van der Waals surface area (Å²) in [6.07, 6.45) is -0.681. The highest BCUT2D eigenvalue weighted by Gasteiger charge is 2.30. The number of carbonyl (C=O) groups is 2. The summed E-state index contributed by atoms with van der Waals surface area (Å²) in [6.45, 7) is 6.39. The molecule has 0 aliphatic heterocycles. The van der Waals surface area contributed by atoms with E-state index in [0.717, 1.165) is 0 Å². The van der Waals surface area contributed by atoms with Crippen molar-refractivity contribution in [3.8, 4) is 0 Å². The van der Waals surface area contributed by atoms with Crippen molar-refractivity contribution < 1.29 is 24.5 Å². The Morgan fingerprint density at radius 1 is 1.24 bits per heavy atom. The van der Waals surface area contributed by atoms with Gasteiger partial charge in [-0.05, 0) is 45.4 Å². The van der Waals surface area contributed by atoms with Crippen LogP contribution in [0, 0.1) is 0 Å². The average molecular weight is 295 g/mol. The molecule has 1 amide bonds. The molecular formula is C15H21NO5. The molecular weight excluding hydrogens is 274 g/mol. The van der Waals surface area contributed by atoms with Crippen LogP contribution in [0.2, 0.25) is 0 Å². The van der Waals surface area contributed by atoms with Gasteiger partial charge in [-0.1, -0.05) is 12.1 Å². The second kappa shape index (κ2) is 6.13. The minimum atomic E-state index is -1.13. The van der Waals surface area contributed by atoms with Crippen LogP contribution in [0.5, 0.6) is 0 Å². The van der Waals surface area contributed by atoms with Crippen molar-refractivity contribution in [3.05, 3.63) is 35.4 Å². The number of hydrogen-bond donors (Lipinski definition) is 3. The van der Waals surface area contributed by atoms with Gasteiger partial charge >= 0.3 is 12.1 Å². The summed E-state index contributed by atoms with van der Waals surface area (Å²) in [7, 11) is 0. The number of benzene rings is 1. The van der Waals surface area contributed by atoms with Gasteiger partial charge in [-0.2, -0.15) is 0 Å². The van der Waals surface area contributed by atoms with Crippen molar-refractivity contribution in [2.24, 2.45) is 0 Å². The first-order valence-electron chi connectivity index (χ1n) is 6.53. The van der Waals surface area contributed by atoms with Crippen LogP contribution < -0.4 is 5.32 Å². The predicted octanol–water partition coefficient (Wildman–Crippen LogP) is 2.12. The Labute approximate surface area is 123 Å². The smallest absolute Gasteiger partial charge is 0.408 e. The zero-order chi connectivity index (χ0) is 16.3. The van der Waals surface area contributed by atoms with E-state index in [4.69, 9.17) is 9.84 Å². The highest BCUT2D eigenvalue weighted by Crippen LogP contribution is 2.22. The van der Waals surface area contributed by atoms with Crippen molar-refractivity contribution in [2.45, 2.75) is 38.8 Å². The van der Waals surface area contributed by atoms with E-state index in [-0.39, 0.29) is 5.56 Å². The molecule has 0 spiro atoms. The lowest BCUT2D eigenvalue weighted by atomic mass is 9.91. The molecule has 1 atom stereocenters. The molecule has 0 saturated carbocycles. The largest absolute Gasteiger partial charge is 0.478 e. The fraction of sp³-hybridized carbons (Fsp3) is 0.467. The van der Waals surface area contributed by atoms with Crippen LogP contribution in [0.15, 0.2) is 24.3 Å². The monoisotopic (exact) mass is 295 g/mol. The summed E-state index contributed by atoms with van der Waals surface area (Å²) in [5.74, 6) is -1.07. The number of carboxylic acids is 1. The Bertz CT molecular complexity index is 535. The zero-order valence-electron chi connectivity index (χ0n) is 12.6. The van der Waals surface area contributed by atoms with Gasteiger partial charge in [-0.15, -0.1) is 0 Å². The van der Waals surface area contributed by atoms with Crippen LogP contribution in [0.25, 0.3) is 0 Å². The minimum Gasteiger partial charge on any atom is -0.478 e. The quantitative estimate of drug-likeness (QED) is 0.790. The lowest BCUT2D eigenvalue weighted by molar-refractivity contribution is 0.0411. The lowest BCUT2D eigenvalue weighted by Gasteiger charge is -2.31. The number of aliphatic hydroxyl groups is 1. The number of carbonyl (C=O) groups excluding carboxylic acids is 1. The van der Waals surface area contributed by atoms with Gasteiger partial charge in [-0.25, -0.2) is 9.59 Å². The standard InChI is InChI=1S/C15H21NO5/c1-14(2,3)21-13(20)16-15(4,9-17)11-7-5-6-10(8-11)12(18)19/h5-8,17H,9H2,1-4H3,(H,16,20)(H,18,19). The second-order valence-corrected chi connectivity index (χ2v) is 6.00. The van der Waals surface area contributed by atoms with Crippen LogP contribution in [0.1, 0.15) is 43.6 Å². The van der Waals surface area contributed by atoms with Crippen molar-refractivity contribution in [1.82, 2.24) is 5.32 Å². The van der Waals surface area contributed by atoms with E-state index < -0.39 is 29.8 Å². The summed E-state index contributed by atoms with van der Waals surface area (Å²) < 4.78 is 5.16. The third-order valence-electron chi connectivity index (χ3n) is 2.84. The highest BCUT2D eigenvalue weighted by atomic mass is 16.6. The van der Waals surface area contributed by atoms with E-state index in [1.165, 1.54) is 12.1 Å². The first kappa shape index (κ1) is 17.0. The average Bonchev–Trinajstić information content (AvgIpc) is 2.36. The van der Waals surface area contributed by atoms with Crippen molar-refractivity contribution in [2.75, 3.05) is 6.61 Å². The molecule has 6 heteroatoms. The number of carboxylic acid groups (broad SMARTS) is 1. The maximum atomic E-state index is 11.9. The van der Waals surface area contributed by atoms with Crippen LogP contribution >= 0.6 is 0 Å². The number of amides is 1. The SMILES string of the molecule is CC(C)(C)OC(=O)NC(C)(CO)c1cccc(C(=O)O)c1. The molecule has 0 fully saturated rings. The molecule has 6 nitrogen and oxygen atoms in total. The van der Waals surface area contributed by atoms with Gasteiger partial charge in [-0.3, -0.25) is 0 Å². The van der Waals surface area contributed by atoms with Gasteiger partial charge in [0.05, 0.1) is 17.7 Å². The zero-order valence-corrected chi connectivity index (χ0v) is 12.6. The predicted molar refractivity (Wildman–Crippen MR) is 77.2 cm³/mol. The third-order valence-corrected chi connectivity index (χ3v) is 2.84. The number of alkyl carbamates (subject to hydrolysis) is 1. The molecule has 1 rings (SSSR count). The van der Waals surface area contributed by atoms with Gasteiger partial charge in [0.15, 0.2) is 0 Å². The number of aromatic carboxylic acids is 1. The summed E-state index contributed by atoms with van der Waals surface area (Å²) in [5.41, 5.74) is -1.23. The van der Waals surface area contributed by atoms with Gasteiger partial charge < -0.3 is 20.3 Å². The third kappa shape index (κ3) is 4.75. The van der Waals surface area contributed by atoms with E-state index in [1.807, 2.05) is 0 Å². The lowest BCUT2D eigenvalue weighted by Crippen LogP contribution is -2.48. The van der Waals surface area contributed by atoms with E-state index in [0.29, 0.717) is 5.56 Å². The molecule has 1 aromatic carbocycles. The molecule has 3 N–H and O–H groups in total. The molecule has 0 heterocycles. The van der Waals surface area contributed by atoms with E-state index in [9.17, 15) is 14.7 Å². The van der Waals surface area contributed by atoms with Crippen molar-refractivity contribution in [1.29, 1.82) is 0 Å². The van der Waals surface area contributed by atoms with E-state index >= 15 is 0 Å². The first-order valence-corrected chi connectivity index (χ1v) is 6.53. The van der Waals surface area contributed by atoms with Gasteiger partial charge in [0.1, 0.15) is 5.60 Å². The number of aliphatic hydroxyl groups excluding tert-OH is 1. The maximum Gasteiger partial charge on any atom is 0.408 e. The number of rotatable bonds is 4. The maximum absolute atomic E-state index is 11.9. The Balaban J connectivity index is 3.01. The Kier molecular flexibility index (Phi) is 4.96. The van der Waals surface area contributed by atoms with Crippen molar-refractivity contribution >= 4 is 12.1 Å². The minimum absolute atomic E-state index is 0.0816. The Morgan fingerprint density at radius 3 is 2.33 bits per heavy atom. The van der Waals surface area contributed by atoms with Gasteiger partial charge in [0.25, 0.3) is 0 Å². The van der Waals surface area contributed by atoms with Gasteiger partial charge in [0, 0.05) is 0 Å². The number of hydrogen-bond acceptors (Lipinski definition) is 4. The Hall–Kier alpha value is -2.08. The molecule has 116 valence electrons. The molecule has 21 heavy (non-hydrogen) atoms.